The normalized spacial score (nSPS) is 15.7. The van der Waals surface area contributed by atoms with Crippen molar-refractivity contribution in [1.29, 1.82) is 0 Å². The maximum absolute atomic E-state index is 12.7. The van der Waals surface area contributed by atoms with Crippen LogP contribution in [-0.2, 0) is 22.4 Å². The van der Waals surface area contributed by atoms with E-state index < -0.39 is 11.7 Å². The fraction of sp³-hybridized carbons (Fsp3) is 0.409. The van der Waals surface area contributed by atoms with Gasteiger partial charge in [-0.15, -0.1) is 0 Å². The van der Waals surface area contributed by atoms with E-state index in [4.69, 9.17) is 9.47 Å². The summed E-state index contributed by atoms with van der Waals surface area (Å²) in [7, 11) is 0. The Kier molecular flexibility index (Phi) is 4.37. The molecule has 0 radical (unpaired) electrons. The van der Waals surface area contributed by atoms with Crippen LogP contribution in [0, 0.1) is 6.92 Å². The van der Waals surface area contributed by atoms with Crippen LogP contribution in [0.1, 0.15) is 37.5 Å². The Morgan fingerprint density at radius 3 is 2.71 bits per heavy atom. The monoisotopic (exact) mass is 380 g/mol. The zero-order valence-electron chi connectivity index (χ0n) is 16.7. The van der Waals surface area contributed by atoms with Crippen LogP contribution >= 0.6 is 0 Å². The SMILES string of the molecule is Cc1c(-c2ccc3c(c2)CC(=O)C3)cnc2c1N(C(=O)OC(C)(C)C)CCO2. The van der Waals surface area contributed by atoms with Gasteiger partial charge in [-0.3, -0.25) is 9.69 Å². The van der Waals surface area contributed by atoms with Crippen LogP contribution < -0.4 is 9.64 Å². The minimum atomic E-state index is -0.582. The third-order valence-corrected chi connectivity index (χ3v) is 5.00. The quantitative estimate of drug-likeness (QED) is 0.751. The van der Waals surface area contributed by atoms with Gasteiger partial charge < -0.3 is 9.47 Å². The van der Waals surface area contributed by atoms with Crippen LogP contribution in [0.25, 0.3) is 11.1 Å². The van der Waals surface area contributed by atoms with Crippen molar-refractivity contribution in [2.24, 2.45) is 0 Å². The first-order chi connectivity index (χ1) is 13.2. The highest BCUT2D eigenvalue weighted by Crippen LogP contribution is 2.39. The Bertz CT molecular complexity index is 975. The number of benzene rings is 1. The molecular formula is C22H24N2O4. The molecule has 0 N–H and O–H groups in total. The number of Topliss-reactive ketones (excluding diaryl/α,β-unsaturated/α-hetero) is 1. The topological polar surface area (TPSA) is 68.7 Å². The van der Waals surface area contributed by atoms with E-state index in [2.05, 4.69) is 11.1 Å². The molecule has 0 saturated heterocycles. The predicted molar refractivity (Wildman–Crippen MR) is 106 cm³/mol. The van der Waals surface area contributed by atoms with Crippen LogP contribution in [0.3, 0.4) is 0 Å². The van der Waals surface area contributed by atoms with E-state index in [-0.39, 0.29) is 5.78 Å². The van der Waals surface area contributed by atoms with Crippen molar-refractivity contribution >= 4 is 17.6 Å². The summed E-state index contributed by atoms with van der Waals surface area (Å²) in [4.78, 5) is 30.6. The first-order valence-corrected chi connectivity index (χ1v) is 9.50. The number of hydrogen-bond acceptors (Lipinski definition) is 5. The fourth-order valence-corrected chi connectivity index (χ4v) is 3.75. The third-order valence-electron chi connectivity index (χ3n) is 5.00. The summed E-state index contributed by atoms with van der Waals surface area (Å²) in [6, 6.07) is 6.07. The molecule has 1 aliphatic heterocycles. The van der Waals surface area contributed by atoms with Crippen molar-refractivity contribution in [2.75, 3.05) is 18.1 Å². The van der Waals surface area contributed by atoms with Gasteiger partial charge in [-0.05, 0) is 49.9 Å². The molecule has 0 atom stereocenters. The summed E-state index contributed by atoms with van der Waals surface area (Å²) in [5.41, 5.74) is 5.03. The molecular weight excluding hydrogens is 356 g/mol. The van der Waals surface area contributed by atoms with Crippen molar-refractivity contribution in [3.8, 4) is 17.0 Å². The summed E-state index contributed by atoms with van der Waals surface area (Å²) in [5.74, 6) is 0.687. The Balaban J connectivity index is 1.75. The van der Waals surface area contributed by atoms with Gasteiger partial charge in [0.1, 0.15) is 23.7 Å². The molecule has 2 heterocycles. The molecule has 4 rings (SSSR count). The molecule has 0 saturated carbocycles. The van der Waals surface area contributed by atoms with E-state index >= 15 is 0 Å². The van der Waals surface area contributed by atoms with Gasteiger partial charge in [0.15, 0.2) is 0 Å². The molecule has 0 bridgehead atoms. The number of aromatic nitrogens is 1. The van der Waals surface area contributed by atoms with E-state index in [0.29, 0.717) is 37.6 Å². The van der Waals surface area contributed by atoms with Crippen LogP contribution in [0.15, 0.2) is 24.4 Å². The van der Waals surface area contributed by atoms with E-state index in [0.717, 1.165) is 27.8 Å². The first kappa shape index (κ1) is 18.5. The minimum Gasteiger partial charge on any atom is -0.474 e. The number of nitrogens with zero attached hydrogens (tertiary/aromatic N) is 2. The number of rotatable bonds is 1. The van der Waals surface area contributed by atoms with Gasteiger partial charge in [-0.2, -0.15) is 0 Å². The highest BCUT2D eigenvalue weighted by molar-refractivity contribution is 5.93. The van der Waals surface area contributed by atoms with Crippen LogP contribution in [0.2, 0.25) is 0 Å². The molecule has 2 aromatic rings. The van der Waals surface area contributed by atoms with Crippen LogP contribution in [0.4, 0.5) is 10.5 Å². The number of hydrogen-bond donors (Lipinski definition) is 0. The number of carbonyl (C=O) groups is 2. The number of fused-ring (bicyclic) bond motifs is 2. The number of ketones is 1. The molecule has 1 aromatic carbocycles. The summed E-state index contributed by atoms with van der Waals surface area (Å²) in [6.07, 6.45) is 2.36. The van der Waals surface area contributed by atoms with Gasteiger partial charge in [-0.1, -0.05) is 18.2 Å². The van der Waals surface area contributed by atoms with Crippen molar-refractivity contribution in [3.05, 3.63) is 41.1 Å². The largest absolute Gasteiger partial charge is 0.474 e. The number of pyridine rings is 1. The Morgan fingerprint density at radius 1 is 1.21 bits per heavy atom. The number of carbonyl (C=O) groups excluding carboxylic acids is 2. The molecule has 28 heavy (non-hydrogen) atoms. The molecule has 1 aliphatic carbocycles. The van der Waals surface area contributed by atoms with Crippen LogP contribution in [-0.4, -0.2) is 35.6 Å². The highest BCUT2D eigenvalue weighted by Gasteiger charge is 2.31. The summed E-state index contributed by atoms with van der Waals surface area (Å²) in [6.45, 7) is 8.28. The van der Waals surface area contributed by atoms with Crippen molar-refractivity contribution in [3.63, 3.8) is 0 Å². The van der Waals surface area contributed by atoms with Crippen molar-refractivity contribution < 1.29 is 19.1 Å². The molecule has 6 nitrogen and oxygen atoms in total. The lowest BCUT2D eigenvalue weighted by Crippen LogP contribution is -2.42. The smallest absolute Gasteiger partial charge is 0.415 e. The van der Waals surface area contributed by atoms with Gasteiger partial charge in [0.05, 0.1) is 6.54 Å². The van der Waals surface area contributed by atoms with E-state index in [1.165, 1.54) is 0 Å². The second-order valence-corrected chi connectivity index (χ2v) is 8.31. The first-order valence-electron chi connectivity index (χ1n) is 9.50. The Labute approximate surface area is 164 Å². The Morgan fingerprint density at radius 2 is 1.96 bits per heavy atom. The standard InChI is InChI=1S/C22H24N2O4/c1-13-18(15-6-5-14-10-17(25)11-16(14)9-15)12-23-20-19(13)24(7-8-27-20)21(26)28-22(2,3)4/h5-6,9,12H,7-8,10-11H2,1-4H3. The molecule has 1 amide bonds. The molecule has 1 aromatic heterocycles. The third kappa shape index (κ3) is 3.35. The summed E-state index contributed by atoms with van der Waals surface area (Å²) >= 11 is 0. The number of amides is 1. The fourth-order valence-electron chi connectivity index (χ4n) is 3.75. The van der Waals surface area contributed by atoms with Gasteiger partial charge in [0, 0.05) is 24.6 Å². The highest BCUT2D eigenvalue weighted by atomic mass is 16.6. The molecule has 6 heteroatoms. The second-order valence-electron chi connectivity index (χ2n) is 8.31. The van der Waals surface area contributed by atoms with E-state index in [1.54, 1.807) is 11.1 Å². The Hall–Kier alpha value is -2.89. The van der Waals surface area contributed by atoms with E-state index in [9.17, 15) is 9.59 Å². The minimum absolute atomic E-state index is 0.247. The summed E-state index contributed by atoms with van der Waals surface area (Å²) < 4.78 is 11.3. The average molecular weight is 380 g/mol. The number of ether oxygens (including phenoxy) is 2. The van der Waals surface area contributed by atoms with Crippen molar-refractivity contribution in [1.82, 2.24) is 4.98 Å². The van der Waals surface area contributed by atoms with Gasteiger partial charge in [0.2, 0.25) is 5.88 Å². The van der Waals surface area contributed by atoms with Crippen molar-refractivity contribution in [2.45, 2.75) is 46.1 Å². The maximum atomic E-state index is 12.7. The molecule has 146 valence electrons. The summed E-state index contributed by atoms with van der Waals surface area (Å²) in [5, 5.41) is 0. The lowest BCUT2D eigenvalue weighted by Gasteiger charge is -2.32. The zero-order chi connectivity index (χ0) is 20.1. The zero-order valence-corrected chi connectivity index (χ0v) is 16.7. The molecule has 0 unspecified atom stereocenters. The average Bonchev–Trinajstić information content (AvgIpc) is 2.99. The maximum Gasteiger partial charge on any atom is 0.415 e. The second kappa shape index (κ2) is 6.62. The number of anilines is 1. The molecule has 2 aliphatic rings. The predicted octanol–water partition coefficient (Wildman–Crippen LogP) is 3.86. The van der Waals surface area contributed by atoms with E-state index in [1.807, 2.05) is 39.8 Å². The lowest BCUT2D eigenvalue weighted by molar-refractivity contribution is -0.117. The van der Waals surface area contributed by atoms with Gasteiger partial charge in [-0.25, -0.2) is 9.78 Å². The van der Waals surface area contributed by atoms with Gasteiger partial charge in [0.25, 0.3) is 0 Å². The van der Waals surface area contributed by atoms with Crippen LogP contribution in [0.5, 0.6) is 5.88 Å². The molecule has 0 fully saturated rings. The van der Waals surface area contributed by atoms with Gasteiger partial charge >= 0.3 is 6.09 Å². The molecule has 0 spiro atoms. The lowest BCUT2D eigenvalue weighted by atomic mass is 9.97.